The molecule has 37 heteroatoms. The molecule has 4 heterocycles. The van der Waals surface area contributed by atoms with Gasteiger partial charge in [-0.1, -0.05) is 189 Å². The highest BCUT2D eigenvalue weighted by Crippen LogP contribution is 2.26. The first-order valence-corrected chi connectivity index (χ1v) is 60.6. The molecule has 0 spiro atoms. The summed E-state index contributed by atoms with van der Waals surface area (Å²) in [6.07, 6.45) is 19.3. The van der Waals surface area contributed by atoms with Crippen molar-refractivity contribution in [2.75, 3.05) is 225 Å². The second-order valence-corrected chi connectivity index (χ2v) is 42.8. The number of hydrogen-bond acceptors (Lipinski definition) is 30. The van der Waals surface area contributed by atoms with Crippen molar-refractivity contribution in [1.82, 2.24) is 57.7 Å². The highest BCUT2D eigenvalue weighted by molar-refractivity contribution is 8.01. The molecule has 13 atom stereocenters. The first-order valence-electron chi connectivity index (χ1n) is 55.3. The Balaban J connectivity index is -0.000000377. The van der Waals surface area contributed by atoms with E-state index in [2.05, 4.69) is 175 Å². The lowest BCUT2D eigenvalue weighted by Gasteiger charge is -2.20. The van der Waals surface area contributed by atoms with Crippen LogP contribution in [0.15, 0.2) is 0 Å². The number of carbonyl (C=O) groups is 11. The Labute approximate surface area is 904 Å². The topological polar surface area (TPSA) is 395 Å². The van der Waals surface area contributed by atoms with E-state index in [0.717, 1.165) is 211 Å². The van der Waals surface area contributed by atoms with Crippen LogP contribution in [0.4, 0.5) is 4.79 Å². The third-order valence-corrected chi connectivity index (χ3v) is 29.2. The Hall–Kier alpha value is -4.00. The van der Waals surface area contributed by atoms with Crippen LogP contribution in [0, 0.1) is 41.4 Å². The lowest BCUT2D eigenvalue weighted by molar-refractivity contribution is -0.126. The van der Waals surface area contributed by atoms with E-state index in [1.807, 2.05) is 48.5 Å². The number of amides is 7. The largest absolute Gasteiger partial charge is 0.449 e. The predicted molar refractivity (Wildman–Crippen MR) is 609 cm³/mol. The molecule has 0 aliphatic carbocycles. The third kappa shape index (κ3) is 100. The van der Waals surface area contributed by atoms with Crippen molar-refractivity contribution >= 4 is 123 Å². The molecule has 0 bridgehead atoms. The van der Waals surface area contributed by atoms with Crippen LogP contribution in [0.3, 0.4) is 0 Å². The first kappa shape index (κ1) is 152. The zero-order valence-corrected chi connectivity index (χ0v) is 101. The number of Topliss-reactive ketones (excluding diaryl/α,β-unsaturated/α-hetero) is 4. The smallest absolute Gasteiger partial charge is 0.407 e. The van der Waals surface area contributed by atoms with Crippen molar-refractivity contribution in [3.63, 3.8) is 0 Å². The van der Waals surface area contributed by atoms with Gasteiger partial charge in [-0.2, -0.15) is 11.8 Å². The van der Waals surface area contributed by atoms with Crippen molar-refractivity contribution in [3.8, 4) is 0 Å². The van der Waals surface area contributed by atoms with Crippen LogP contribution in [0.1, 0.15) is 322 Å². The van der Waals surface area contributed by atoms with E-state index in [1.54, 1.807) is 49.1 Å². The molecule has 0 saturated carbocycles. The van der Waals surface area contributed by atoms with Gasteiger partial charge in [-0.25, -0.2) is 4.79 Å². The summed E-state index contributed by atoms with van der Waals surface area (Å²) in [6.45, 7) is 78.6. The van der Waals surface area contributed by atoms with Crippen LogP contribution in [0.2, 0.25) is 0 Å². The summed E-state index contributed by atoms with van der Waals surface area (Å²) in [5.74, 6) is 10.4. The van der Waals surface area contributed by atoms with E-state index in [4.69, 9.17) is 47.4 Å². The van der Waals surface area contributed by atoms with Gasteiger partial charge in [0.2, 0.25) is 35.4 Å². The zero-order chi connectivity index (χ0) is 110. The van der Waals surface area contributed by atoms with E-state index >= 15 is 0 Å². The van der Waals surface area contributed by atoms with Gasteiger partial charge in [0, 0.05) is 199 Å². The number of unbranched alkanes of at least 4 members (excludes halogenated alkanes) is 4. The zero-order valence-electron chi connectivity index (χ0n) is 96.5. The Morgan fingerprint density at radius 3 is 1.17 bits per heavy atom. The van der Waals surface area contributed by atoms with Crippen molar-refractivity contribution in [2.24, 2.45) is 41.4 Å². The number of hydrogen-bond donors (Lipinski definition) is 9. The molecule has 13 unspecified atom stereocenters. The van der Waals surface area contributed by atoms with E-state index < -0.39 is 0 Å². The summed E-state index contributed by atoms with van der Waals surface area (Å²) in [4.78, 5) is 127. The molecule has 0 aromatic carbocycles. The summed E-state index contributed by atoms with van der Waals surface area (Å²) in [7, 11) is 0. The molecule has 0 aromatic heterocycles. The molecule has 4 rings (SSSR count). The first-order chi connectivity index (χ1) is 69.4. The fourth-order valence-corrected chi connectivity index (χ4v) is 17.5. The molecule has 145 heavy (non-hydrogen) atoms. The quantitative estimate of drug-likeness (QED) is 0.0255. The van der Waals surface area contributed by atoms with Gasteiger partial charge in [-0.3, -0.25) is 68.4 Å². The average molecular weight is 2170 g/mol. The van der Waals surface area contributed by atoms with E-state index in [-0.39, 0.29) is 111 Å². The van der Waals surface area contributed by atoms with Gasteiger partial charge in [0.25, 0.3) is 0 Å². The number of nitrogens with one attached hydrogen (secondary N) is 9. The minimum absolute atomic E-state index is 0.00144. The van der Waals surface area contributed by atoms with Gasteiger partial charge < -0.3 is 84.6 Å². The third-order valence-electron chi connectivity index (χ3n) is 22.7. The Kier molecular flexibility index (Phi) is 116. The lowest BCUT2D eigenvalue weighted by atomic mass is 10.1. The monoisotopic (exact) mass is 2160 g/mol. The second-order valence-electron chi connectivity index (χ2n) is 36.9. The highest BCUT2D eigenvalue weighted by Gasteiger charge is 2.34. The van der Waals surface area contributed by atoms with Crippen LogP contribution < -0.4 is 47.9 Å². The second kappa shape index (κ2) is 111. The molecule has 0 radical (unpaired) electrons. The van der Waals surface area contributed by atoms with Gasteiger partial charge >= 0.3 is 6.09 Å². The van der Waals surface area contributed by atoms with E-state index in [1.165, 1.54) is 69.5 Å². The molecule has 32 nitrogen and oxygen atoms in total. The minimum Gasteiger partial charge on any atom is -0.449 e. The summed E-state index contributed by atoms with van der Waals surface area (Å²) in [5.41, 5.74) is 0. The molecule has 4 saturated heterocycles. The lowest BCUT2D eigenvalue weighted by Crippen LogP contribution is -2.46. The van der Waals surface area contributed by atoms with Gasteiger partial charge in [0.15, 0.2) is 23.1 Å². The molecule has 9 N–H and O–H groups in total. The summed E-state index contributed by atoms with van der Waals surface area (Å²) >= 11 is 8.28. The number of alkyl carbamates (subject to hydrolysis) is 1. The fourth-order valence-electron chi connectivity index (χ4n) is 11.9. The van der Waals surface area contributed by atoms with Crippen LogP contribution in [0.25, 0.3) is 0 Å². The number of rotatable bonds is 72. The van der Waals surface area contributed by atoms with Crippen molar-refractivity contribution in [2.45, 2.75) is 362 Å². The van der Waals surface area contributed by atoms with Gasteiger partial charge in [-0.05, 0) is 161 Å². The summed E-state index contributed by atoms with van der Waals surface area (Å²) in [6, 6.07) is -0.473. The standard InChI is InChI=1S/C21H43NO4S.C16H32N2O3.C11H20N2O3S.C10H19NO2S.C10H21NO2.C10H22O.C8H14N2O2S.C8H17NO2.C7H13NOS.C7H16O/c1-6-18(4)14-24-16-20(17-25-15-19(5)7-2)26-11-9-12-27-13-10-21(23)22-8-3;1-4-14(3)13-21-12-8-6-7-11-18-16(20)10-9-15(19)17-5-2;1-3-5-16-6-4-12-10(15)9-7-17-11(13-9)8(2)14;1-3-6-13-7-4-11-5-8-14-10(11)9(2)12;1-4-9(3)8-13-7-6-11-10(12)5-2;1-4-6-7-8-11-9-10(3)5-2;1-3-9-7(12)6-4-13-8(10-6)5(2)11;1-4-7(3)6-11-8(10)9-5-2;1-3-8-4-5-10-7(8)6(2)9;1-4-7(3)6-8-5-2/h18-20H,6-17H2,1-5H3,(H,22,23);14H,4-13H2,1-3H3,(H,17,19)(H,18,20);9,11,13H,3-7H2,1-2H3,(H,12,15);10H,3-8H2,1-2H3;9H,4-8H2,1-3H3,(H,11,12);10H,4-9H2,1-3H3;6,8,10H,3-4H2,1-2H3,(H,9,12);7H,4-6H2,1-3H3,(H,9,10);7H,3-5H2,1-2H3;7H,4-6H2,1-3H3. The van der Waals surface area contributed by atoms with E-state index in [0.29, 0.717) is 145 Å². The highest BCUT2D eigenvalue weighted by atomic mass is 32.2. The van der Waals surface area contributed by atoms with Crippen LogP contribution in [0.5, 0.6) is 0 Å². The summed E-state index contributed by atoms with van der Waals surface area (Å²) in [5, 5.41) is 25.0. The average Bonchev–Trinajstić information content (AvgIpc) is 1.75. The maximum Gasteiger partial charge on any atom is 0.407 e. The van der Waals surface area contributed by atoms with Crippen LogP contribution in [-0.2, 0) is 95.3 Å². The minimum atomic E-state index is -0.312. The molecule has 860 valence electrons. The molecule has 0 aromatic rings. The van der Waals surface area contributed by atoms with E-state index in [9.17, 15) is 52.7 Å². The maximum absolute atomic E-state index is 11.7. The number of nitrogens with zero attached hydrogens (tertiary/aromatic N) is 2. The van der Waals surface area contributed by atoms with Crippen LogP contribution >= 0.6 is 58.8 Å². The summed E-state index contributed by atoms with van der Waals surface area (Å²) < 4.78 is 54.8. The molecular weight excluding hydrogens is 1950 g/mol. The molecule has 7 amide bonds. The van der Waals surface area contributed by atoms with Crippen LogP contribution in [-0.4, -0.2) is 340 Å². The number of ketones is 4. The molecule has 4 aliphatic heterocycles. The van der Waals surface area contributed by atoms with Crippen molar-refractivity contribution in [1.29, 1.82) is 0 Å². The Morgan fingerprint density at radius 2 is 0.745 bits per heavy atom. The Bertz CT molecular complexity index is 3040. The Morgan fingerprint density at radius 1 is 0.345 bits per heavy atom. The predicted octanol–water partition coefficient (Wildman–Crippen LogP) is 17.3. The fraction of sp³-hybridized carbons (Fsp3) is 0.898. The van der Waals surface area contributed by atoms with Gasteiger partial charge in [-0.15, -0.1) is 47.0 Å². The van der Waals surface area contributed by atoms with Crippen molar-refractivity contribution in [3.05, 3.63) is 0 Å². The van der Waals surface area contributed by atoms with Gasteiger partial charge in [0.05, 0.1) is 51.7 Å². The normalized spacial score (nSPS) is 17.6. The molecule has 4 fully saturated rings. The van der Waals surface area contributed by atoms with Crippen molar-refractivity contribution < 1.29 is 100 Å². The molecule has 4 aliphatic rings. The SMILES string of the molecule is CCC(=O)NCCOCC(C)CC.CCCCCOCC(C)CC.CCCOCCN1CCSC1C(C)=O.CCCOCCNC(=O)C1CSC(C(C)=O)N1.CCN1CCSC1C(C)=O.CCNC(=O)C1CSC(C(C)=O)N1.CCNC(=O)CCC(=O)NCCCCCOCC(C)CC.CCNC(=O)CCSCCCOC(COCC(C)CC)COCC(C)CC.CCNC(=O)OCC(C)CC.CCOCC(C)CC. The molecular formula is C108H217N11O21S5. The number of ether oxygens (including phenoxy) is 10. The number of thioether (sulfide) groups is 5. The number of likely N-dealkylation sites (N-methyl/N-ethyl adjacent to an activating group) is 2. The van der Waals surface area contributed by atoms with Gasteiger partial charge in [0.1, 0.15) is 27.6 Å². The maximum atomic E-state index is 11.7. The number of carbonyl (C=O) groups excluding carboxylic acids is 11.